The van der Waals surface area contributed by atoms with Crippen LogP contribution in [-0.4, -0.2) is 99.2 Å². The molecule has 30 heavy (non-hydrogen) atoms. The Bertz CT molecular complexity index is 646. The molecule has 0 aromatic rings. The molecule has 0 unspecified atom stereocenters. The molecule has 0 atom stereocenters. The third kappa shape index (κ3) is 5.72. The van der Waals surface area contributed by atoms with Crippen molar-refractivity contribution < 1.29 is 22.7 Å². The maximum Gasteiger partial charge on any atom is 0.281 e. The Balaban J connectivity index is 1.39. The zero-order chi connectivity index (χ0) is 21.6. The van der Waals surface area contributed by atoms with Gasteiger partial charge in [-0.15, -0.1) is 0 Å². The molecule has 3 rings (SSSR count). The van der Waals surface area contributed by atoms with Gasteiger partial charge in [-0.3, -0.25) is 4.79 Å². The van der Waals surface area contributed by atoms with E-state index in [4.69, 9.17) is 9.47 Å². The predicted octanol–water partition coefficient (Wildman–Crippen LogP) is 0.630. The van der Waals surface area contributed by atoms with Crippen LogP contribution in [0.25, 0.3) is 0 Å². The van der Waals surface area contributed by atoms with Crippen LogP contribution in [0.4, 0.5) is 0 Å². The van der Waals surface area contributed by atoms with E-state index in [9.17, 15) is 13.2 Å². The minimum absolute atomic E-state index is 0.0574. The second-order valence-corrected chi connectivity index (χ2v) is 10.3. The Morgan fingerprint density at radius 2 is 1.60 bits per heavy atom. The summed E-state index contributed by atoms with van der Waals surface area (Å²) < 4.78 is 40.5. The molecule has 10 heteroatoms. The van der Waals surface area contributed by atoms with Crippen LogP contribution >= 0.6 is 0 Å². The van der Waals surface area contributed by atoms with E-state index >= 15 is 0 Å². The van der Waals surface area contributed by atoms with E-state index in [-0.39, 0.29) is 11.8 Å². The van der Waals surface area contributed by atoms with Crippen LogP contribution in [0.15, 0.2) is 0 Å². The molecule has 174 valence electrons. The molecule has 3 saturated heterocycles. The van der Waals surface area contributed by atoms with Crippen LogP contribution < -0.4 is 5.32 Å². The van der Waals surface area contributed by atoms with E-state index in [0.29, 0.717) is 71.6 Å². The molecule has 3 heterocycles. The number of hydrogen-bond acceptors (Lipinski definition) is 6. The van der Waals surface area contributed by atoms with E-state index in [1.54, 1.807) is 0 Å². The maximum absolute atomic E-state index is 13.0. The molecule has 1 spiro atoms. The van der Waals surface area contributed by atoms with Gasteiger partial charge in [0.25, 0.3) is 10.2 Å². The number of nitrogens with one attached hydrogen (secondary N) is 1. The molecule has 3 aliphatic rings. The number of piperidine rings is 2. The number of hydrogen-bond donors (Lipinski definition) is 1. The van der Waals surface area contributed by atoms with Gasteiger partial charge < -0.3 is 19.7 Å². The molecule has 1 N–H and O–H groups in total. The van der Waals surface area contributed by atoms with Crippen molar-refractivity contribution in [2.24, 2.45) is 5.92 Å². The second-order valence-electron chi connectivity index (χ2n) is 8.36. The van der Waals surface area contributed by atoms with Crippen molar-refractivity contribution in [3.05, 3.63) is 0 Å². The number of amides is 1. The van der Waals surface area contributed by atoms with Crippen LogP contribution in [0.1, 0.15) is 46.0 Å². The highest BCUT2D eigenvalue weighted by Crippen LogP contribution is 2.33. The summed E-state index contributed by atoms with van der Waals surface area (Å²) in [6, 6.07) is 0. The van der Waals surface area contributed by atoms with Crippen LogP contribution in [-0.2, 0) is 24.5 Å². The van der Waals surface area contributed by atoms with Crippen molar-refractivity contribution in [1.29, 1.82) is 0 Å². The summed E-state index contributed by atoms with van der Waals surface area (Å²) in [5.41, 5.74) is 0. The second kappa shape index (κ2) is 10.7. The fourth-order valence-electron chi connectivity index (χ4n) is 4.55. The monoisotopic (exact) mass is 446 g/mol. The first-order valence-electron chi connectivity index (χ1n) is 11.4. The fraction of sp³-hybridized carbons (Fsp3) is 0.950. The zero-order valence-corrected chi connectivity index (χ0v) is 19.3. The highest BCUT2D eigenvalue weighted by molar-refractivity contribution is 7.86. The van der Waals surface area contributed by atoms with Crippen molar-refractivity contribution in [2.45, 2.75) is 51.7 Å². The standard InChI is InChI=1S/C20H38N4O5S/c1-3-22(4-2)11-5-10-21-19(25)18-6-12-23(13-7-18)30(26,27)24-14-8-20(9-15-24)28-16-17-29-20/h18H,3-17H2,1-2H3,(H,21,25). The van der Waals surface area contributed by atoms with Gasteiger partial charge in [-0.25, -0.2) is 0 Å². The highest BCUT2D eigenvalue weighted by atomic mass is 32.2. The summed E-state index contributed by atoms with van der Waals surface area (Å²) in [7, 11) is -3.50. The molecule has 3 aliphatic heterocycles. The van der Waals surface area contributed by atoms with Gasteiger partial charge in [-0.05, 0) is 38.9 Å². The maximum atomic E-state index is 13.0. The van der Waals surface area contributed by atoms with Gasteiger partial charge >= 0.3 is 0 Å². The zero-order valence-electron chi connectivity index (χ0n) is 18.5. The molecule has 0 aromatic carbocycles. The van der Waals surface area contributed by atoms with Gasteiger partial charge in [0.1, 0.15) is 0 Å². The first-order valence-corrected chi connectivity index (χ1v) is 12.8. The Morgan fingerprint density at radius 3 is 2.17 bits per heavy atom. The molecule has 3 fully saturated rings. The van der Waals surface area contributed by atoms with Gasteiger partial charge in [0.15, 0.2) is 5.79 Å². The van der Waals surface area contributed by atoms with Gasteiger partial charge in [-0.2, -0.15) is 17.0 Å². The summed E-state index contributed by atoms with van der Waals surface area (Å²) in [5.74, 6) is -0.626. The Hall–Kier alpha value is -0.780. The normalized spacial score (nSPS) is 24.0. The lowest BCUT2D eigenvalue weighted by Crippen LogP contribution is -2.53. The average Bonchev–Trinajstić information content (AvgIpc) is 3.22. The number of carbonyl (C=O) groups excluding carboxylic acids is 1. The Kier molecular flexibility index (Phi) is 8.51. The molecule has 0 radical (unpaired) electrons. The van der Waals surface area contributed by atoms with Crippen LogP contribution in [0.3, 0.4) is 0 Å². The first kappa shape index (κ1) is 23.9. The predicted molar refractivity (Wildman–Crippen MR) is 114 cm³/mol. The molecule has 0 aliphatic carbocycles. The third-order valence-corrected chi connectivity index (χ3v) is 8.66. The number of ether oxygens (including phenoxy) is 2. The summed E-state index contributed by atoms with van der Waals surface area (Å²) >= 11 is 0. The molecule has 0 bridgehead atoms. The van der Waals surface area contributed by atoms with E-state index in [1.165, 1.54) is 8.61 Å². The Labute approximate surface area is 181 Å². The van der Waals surface area contributed by atoms with Crippen molar-refractivity contribution in [3.8, 4) is 0 Å². The largest absolute Gasteiger partial charge is 0.356 e. The summed E-state index contributed by atoms with van der Waals surface area (Å²) in [6.45, 7) is 10.8. The number of rotatable bonds is 9. The summed E-state index contributed by atoms with van der Waals surface area (Å²) in [6.07, 6.45) is 3.22. The molecule has 9 nitrogen and oxygen atoms in total. The van der Waals surface area contributed by atoms with Crippen molar-refractivity contribution in [2.75, 3.05) is 65.6 Å². The van der Waals surface area contributed by atoms with Crippen molar-refractivity contribution >= 4 is 16.1 Å². The fourth-order valence-corrected chi connectivity index (χ4v) is 6.20. The average molecular weight is 447 g/mol. The SMILES string of the molecule is CCN(CC)CCCNC(=O)C1CCN(S(=O)(=O)N2CCC3(CC2)OCCO3)CC1. The topological polar surface area (TPSA) is 91.4 Å². The minimum Gasteiger partial charge on any atom is -0.356 e. The van der Waals surface area contributed by atoms with Crippen LogP contribution in [0, 0.1) is 5.92 Å². The summed E-state index contributed by atoms with van der Waals surface area (Å²) in [5, 5.41) is 3.03. The van der Waals surface area contributed by atoms with E-state index in [0.717, 1.165) is 26.1 Å². The number of carbonyl (C=O) groups is 1. The minimum atomic E-state index is -3.50. The molecule has 0 saturated carbocycles. The summed E-state index contributed by atoms with van der Waals surface area (Å²) in [4.78, 5) is 14.8. The lowest BCUT2D eigenvalue weighted by molar-refractivity contribution is -0.179. The first-order chi connectivity index (χ1) is 14.4. The Morgan fingerprint density at radius 1 is 1.03 bits per heavy atom. The quantitative estimate of drug-likeness (QED) is 0.523. The van der Waals surface area contributed by atoms with Crippen LogP contribution in [0.2, 0.25) is 0 Å². The van der Waals surface area contributed by atoms with Gasteiger partial charge in [0.2, 0.25) is 5.91 Å². The van der Waals surface area contributed by atoms with E-state index < -0.39 is 16.0 Å². The molecule has 0 aromatic heterocycles. The van der Waals surface area contributed by atoms with Gasteiger partial charge in [-0.1, -0.05) is 13.8 Å². The van der Waals surface area contributed by atoms with Crippen molar-refractivity contribution in [1.82, 2.24) is 18.8 Å². The molecular weight excluding hydrogens is 408 g/mol. The van der Waals surface area contributed by atoms with E-state index in [2.05, 4.69) is 24.1 Å². The number of nitrogens with zero attached hydrogens (tertiary/aromatic N) is 3. The third-order valence-electron chi connectivity index (χ3n) is 6.62. The smallest absolute Gasteiger partial charge is 0.281 e. The van der Waals surface area contributed by atoms with Gasteiger partial charge in [0, 0.05) is 51.5 Å². The van der Waals surface area contributed by atoms with Gasteiger partial charge in [0.05, 0.1) is 13.2 Å². The van der Waals surface area contributed by atoms with Crippen molar-refractivity contribution in [3.63, 3.8) is 0 Å². The molecule has 1 amide bonds. The highest BCUT2D eigenvalue weighted by Gasteiger charge is 2.44. The van der Waals surface area contributed by atoms with E-state index in [1.807, 2.05) is 0 Å². The lowest BCUT2D eigenvalue weighted by Gasteiger charge is -2.40. The van der Waals surface area contributed by atoms with Crippen LogP contribution in [0.5, 0.6) is 0 Å². The molecular formula is C20H38N4O5S. The lowest BCUT2D eigenvalue weighted by atomic mass is 9.97.